The van der Waals surface area contributed by atoms with Crippen LogP contribution in [-0.4, -0.2) is 53.5 Å². The summed E-state index contributed by atoms with van der Waals surface area (Å²) in [6, 6.07) is 6.58. The van der Waals surface area contributed by atoms with Crippen molar-refractivity contribution in [1.29, 1.82) is 0 Å². The number of fused-ring (bicyclic) bond motifs is 1. The van der Waals surface area contributed by atoms with Gasteiger partial charge in [0.05, 0.1) is 34.2 Å². The van der Waals surface area contributed by atoms with E-state index in [1.165, 1.54) is 17.0 Å². The predicted molar refractivity (Wildman–Crippen MR) is 118 cm³/mol. The second kappa shape index (κ2) is 8.41. The number of aromatic nitrogens is 3. The van der Waals surface area contributed by atoms with Crippen LogP contribution in [0.25, 0.3) is 22.2 Å². The molecule has 0 saturated carbocycles. The standard InChI is InChI=1S/C20H25N5O4S/c1-5-21-19-18-16(23-11-25(3)20(18)27)9-15(24-19)13-6-7-14(22-10-12(2)26)17(8-13)30(4,28)29/h6-9,11-12,22,26H,5,10H2,1-4H3,(H,21,24)/t12-/m0/s1. The monoisotopic (exact) mass is 431 g/mol. The molecule has 0 amide bonds. The molecule has 0 fully saturated rings. The van der Waals surface area contributed by atoms with Crippen LogP contribution in [0.4, 0.5) is 11.5 Å². The maximum atomic E-state index is 12.6. The Labute approximate surface area is 174 Å². The first-order valence-electron chi connectivity index (χ1n) is 9.48. The van der Waals surface area contributed by atoms with Crippen molar-refractivity contribution < 1.29 is 13.5 Å². The Kier molecular flexibility index (Phi) is 6.09. The Morgan fingerprint density at radius 1 is 1.23 bits per heavy atom. The van der Waals surface area contributed by atoms with Crippen LogP contribution < -0.4 is 16.2 Å². The predicted octanol–water partition coefficient (Wildman–Crippen LogP) is 1.62. The Hall–Kier alpha value is -2.98. The highest BCUT2D eigenvalue weighted by Crippen LogP contribution is 2.30. The minimum Gasteiger partial charge on any atom is -0.392 e. The Morgan fingerprint density at radius 3 is 2.60 bits per heavy atom. The third kappa shape index (κ3) is 4.44. The number of hydrogen-bond acceptors (Lipinski definition) is 8. The highest BCUT2D eigenvalue weighted by molar-refractivity contribution is 7.90. The van der Waals surface area contributed by atoms with E-state index < -0.39 is 15.9 Å². The zero-order valence-electron chi connectivity index (χ0n) is 17.3. The fourth-order valence-corrected chi connectivity index (χ4v) is 3.94. The highest BCUT2D eigenvalue weighted by atomic mass is 32.2. The van der Waals surface area contributed by atoms with Crippen LogP contribution in [0.1, 0.15) is 13.8 Å². The summed E-state index contributed by atoms with van der Waals surface area (Å²) in [4.78, 5) is 21.6. The van der Waals surface area contributed by atoms with Gasteiger partial charge in [-0.1, -0.05) is 6.07 Å². The van der Waals surface area contributed by atoms with Crippen molar-refractivity contribution in [3.05, 3.63) is 40.9 Å². The van der Waals surface area contributed by atoms with E-state index in [-0.39, 0.29) is 17.0 Å². The average molecular weight is 432 g/mol. The van der Waals surface area contributed by atoms with E-state index in [1.807, 2.05) is 6.92 Å². The number of sulfone groups is 1. The smallest absolute Gasteiger partial charge is 0.264 e. The summed E-state index contributed by atoms with van der Waals surface area (Å²) in [6.07, 6.45) is 1.94. The number of nitrogens with zero attached hydrogens (tertiary/aromatic N) is 3. The van der Waals surface area contributed by atoms with Crippen molar-refractivity contribution in [2.24, 2.45) is 7.05 Å². The van der Waals surface area contributed by atoms with Crippen LogP contribution in [0.2, 0.25) is 0 Å². The first-order chi connectivity index (χ1) is 14.1. The fraction of sp³-hybridized carbons (Fsp3) is 0.350. The molecule has 2 heterocycles. The van der Waals surface area contributed by atoms with Crippen LogP contribution in [0.3, 0.4) is 0 Å². The Bertz CT molecular complexity index is 1250. The lowest BCUT2D eigenvalue weighted by molar-refractivity contribution is 0.208. The van der Waals surface area contributed by atoms with Crippen LogP contribution in [-0.2, 0) is 16.9 Å². The van der Waals surface area contributed by atoms with Crippen molar-refractivity contribution in [3.8, 4) is 11.3 Å². The van der Waals surface area contributed by atoms with E-state index in [9.17, 15) is 18.3 Å². The minimum absolute atomic E-state index is 0.101. The second-order valence-electron chi connectivity index (χ2n) is 7.15. The number of hydrogen-bond donors (Lipinski definition) is 3. The molecule has 3 aromatic rings. The van der Waals surface area contributed by atoms with Crippen molar-refractivity contribution in [1.82, 2.24) is 14.5 Å². The maximum Gasteiger partial charge on any atom is 0.264 e. The van der Waals surface area contributed by atoms with E-state index in [4.69, 9.17) is 0 Å². The van der Waals surface area contributed by atoms with Gasteiger partial charge in [0.15, 0.2) is 9.84 Å². The molecule has 0 aliphatic heterocycles. The van der Waals surface area contributed by atoms with Gasteiger partial charge in [-0.2, -0.15) is 0 Å². The molecule has 9 nitrogen and oxygen atoms in total. The zero-order chi connectivity index (χ0) is 22.1. The Balaban J connectivity index is 2.20. The molecule has 160 valence electrons. The number of aliphatic hydroxyl groups excluding tert-OH is 1. The van der Waals surface area contributed by atoms with Gasteiger partial charge in [0.1, 0.15) is 11.2 Å². The van der Waals surface area contributed by atoms with E-state index in [0.29, 0.717) is 40.2 Å². The van der Waals surface area contributed by atoms with Crippen molar-refractivity contribution >= 4 is 32.2 Å². The minimum atomic E-state index is -3.54. The van der Waals surface area contributed by atoms with Gasteiger partial charge in [0, 0.05) is 32.0 Å². The van der Waals surface area contributed by atoms with E-state index >= 15 is 0 Å². The highest BCUT2D eigenvalue weighted by Gasteiger charge is 2.18. The molecule has 10 heteroatoms. The third-order valence-electron chi connectivity index (χ3n) is 4.51. The van der Waals surface area contributed by atoms with Crippen LogP contribution >= 0.6 is 0 Å². The van der Waals surface area contributed by atoms with Gasteiger partial charge in [0.2, 0.25) is 0 Å². The normalized spacial score (nSPS) is 12.7. The van der Waals surface area contributed by atoms with E-state index in [0.717, 1.165) is 6.26 Å². The SMILES string of the molecule is CCNc1nc(-c2ccc(NC[C@H](C)O)c(S(C)(=O)=O)c2)cc2ncn(C)c(=O)c12. The summed E-state index contributed by atoms with van der Waals surface area (Å²) in [5.74, 6) is 0.399. The molecule has 3 N–H and O–H groups in total. The van der Waals surface area contributed by atoms with E-state index in [1.54, 1.807) is 32.2 Å². The number of nitrogens with one attached hydrogen (secondary N) is 2. The molecule has 0 spiro atoms. The lowest BCUT2D eigenvalue weighted by Gasteiger charge is -2.15. The summed E-state index contributed by atoms with van der Waals surface area (Å²) in [5, 5.41) is 15.9. The average Bonchev–Trinajstić information content (AvgIpc) is 2.68. The van der Waals surface area contributed by atoms with Gasteiger partial charge >= 0.3 is 0 Å². The summed E-state index contributed by atoms with van der Waals surface area (Å²) < 4.78 is 26.1. The quantitative estimate of drug-likeness (QED) is 0.515. The van der Waals surface area contributed by atoms with Crippen LogP contribution in [0, 0.1) is 0 Å². The molecule has 1 atom stereocenters. The molecule has 0 radical (unpaired) electrons. The molecular weight excluding hydrogens is 406 g/mol. The number of benzene rings is 1. The fourth-order valence-electron chi connectivity index (χ4n) is 3.06. The summed E-state index contributed by atoms with van der Waals surface area (Å²) in [7, 11) is -1.92. The number of rotatable bonds is 7. The second-order valence-corrected chi connectivity index (χ2v) is 9.14. The number of aryl methyl sites for hydroxylation is 1. The van der Waals surface area contributed by atoms with Gasteiger partial charge in [-0.15, -0.1) is 0 Å². The molecule has 0 aliphatic rings. The van der Waals surface area contributed by atoms with Gasteiger partial charge < -0.3 is 20.3 Å². The first-order valence-corrected chi connectivity index (χ1v) is 11.4. The van der Waals surface area contributed by atoms with Crippen molar-refractivity contribution in [2.75, 3.05) is 30.0 Å². The molecule has 0 bridgehead atoms. The molecule has 3 rings (SSSR count). The van der Waals surface area contributed by atoms with Gasteiger partial charge in [-0.3, -0.25) is 4.79 Å². The number of aliphatic hydroxyl groups is 1. The molecule has 0 unspecified atom stereocenters. The lowest BCUT2D eigenvalue weighted by Crippen LogP contribution is -2.19. The molecule has 0 aliphatic carbocycles. The Morgan fingerprint density at radius 2 is 1.97 bits per heavy atom. The molecule has 2 aromatic heterocycles. The van der Waals surface area contributed by atoms with E-state index in [2.05, 4.69) is 20.6 Å². The summed E-state index contributed by atoms with van der Waals surface area (Å²) in [6.45, 7) is 4.28. The third-order valence-corrected chi connectivity index (χ3v) is 5.65. The summed E-state index contributed by atoms with van der Waals surface area (Å²) >= 11 is 0. The zero-order valence-corrected chi connectivity index (χ0v) is 18.1. The van der Waals surface area contributed by atoms with Crippen molar-refractivity contribution in [3.63, 3.8) is 0 Å². The largest absolute Gasteiger partial charge is 0.392 e. The number of pyridine rings is 1. The maximum absolute atomic E-state index is 12.6. The molecule has 1 aromatic carbocycles. The van der Waals surface area contributed by atoms with Gasteiger partial charge in [-0.05, 0) is 32.0 Å². The van der Waals surface area contributed by atoms with Crippen LogP contribution in [0.5, 0.6) is 0 Å². The summed E-state index contributed by atoms with van der Waals surface area (Å²) in [5.41, 5.74) is 1.72. The molecule has 0 saturated heterocycles. The molecular formula is C20H25N5O4S. The van der Waals surface area contributed by atoms with Crippen molar-refractivity contribution in [2.45, 2.75) is 24.8 Å². The van der Waals surface area contributed by atoms with Gasteiger partial charge in [0.25, 0.3) is 5.56 Å². The van der Waals surface area contributed by atoms with Crippen LogP contribution in [0.15, 0.2) is 40.3 Å². The molecule has 30 heavy (non-hydrogen) atoms. The first kappa shape index (κ1) is 21.7. The lowest BCUT2D eigenvalue weighted by atomic mass is 10.1. The topological polar surface area (TPSA) is 126 Å². The number of anilines is 2. The van der Waals surface area contributed by atoms with Gasteiger partial charge in [-0.25, -0.2) is 18.4 Å².